The van der Waals surface area contributed by atoms with Crippen molar-refractivity contribution in [1.29, 1.82) is 0 Å². The van der Waals surface area contributed by atoms with Crippen molar-refractivity contribution in [2.45, 2.75) is 51.9 Å². The Balaban J connectivity index is 2.22. The number of primary amides is 1. The molecule has 0 aliphatic heterocycles. The van der Waals surface area contributed by atoms with Crippen LogP contribution in [-0.2, 0) is 17.6 Å². The van der Waals surface area contributed by atoms with E-state index in [4.69, 9.17) is 15.7 Å². The van der Waals surface area contributed by atoms with E-state index in [9.17, 15) is 4.79 Å². The molecule has 0 bridgehead atoms. The van der Waals surface area contributed by atoms with Crippen LogP contribution in [0.4, 0.5) is 0 Å². The summed E-state index contributed by atoms with van der Waals surface area (Å²) in [5, 5.41) is 0. The van der Waals surface area contributed by atoms with Crippen molar-refractivity contribution < 1.29 is 4.79 Å². The van der Waals surface area contributed by atoms with Crippen LogP contribution in [0.25, 0.3) is 0 Å². The summed E-state index contributed by atoms with van der Waals surface area (Å²) in [6, 6.07) is 0. The predicted molar refractivity (Wildman–Crippen MR) is 74.8 cm³/mol. The maximum atomic E-state index is 10.9. The molecular weight excluding hydrogens is 238 g/mol. The highest BCUT2D eigenvalue weighted by Crippen LogP contribution is 2.24. The number of carbonyl (C=O) groups is 1. The Labute approximate surface area is 114 Å². The third-order valence-corrected chi connectivity index (χ3v) is 3.58. The quantitative estimate of drug-likeness (QED) is 0.843. The number of nitrogens with zero attached hydrogens (tertiary/aromatic N) is 2. The van der Waals surface area contributed by atoms with E-state index in [0.717, 1.165) is 48.5 Å². The molecule has 1 atom stereocenters. The number of aromatic nitrogens is 2. The molecule has 19 heavy (non-hydrogen) atoms. The molecule has 1 aromatic rings. The molecule has 1 amide bonds. The smallest absolute Gasteiger partial charge is 0.217 e. The van der Waals surface area contributed by atoms with Gasteiger partial charge in [-0.15, -0.1) is 0 Å². The Bertz CT molecular complexity index is 508. The van der Waals surface area contributed by atoms with Crippen LogP contribution < -0.4 is 5.73 Å². The fourth-order valence-corrected chi connectivity index (χ4v) is 2.47. The van der Waals surface area contributed by atoms with Crippen molar-refractivity contribution in [3.05, 3.63) is 34.9 Å². The molecule has 2 rings (SSSR count). The molecule has 1 aliphatic rings. The average molecular weight is 259 g/mol. The van der Waals surface area contributed by atoms with Gasteiger partial charge in [0.2, 0.25) is 5.91 Å². The van der Waals surface area contributed by atoms with Crippen molar-refractivity contribution in [3.8, 4) is 0 Å². The molecule has 0 saturated carbocycles. The minimum absolute atomic E-state index is 0.224. The minimum atomic E-state index is -0.253. The Morgan fingerprint density at radius 2 is 2.16 bits per heavy atom. The molecule has 1 aromatic heterocycles. The monoisotopic (exact) mass is 259 g/mol. The van der Waals surface area contributed by atoms with Gasteiger partial charge < -0.3 is 5.73 Å². The molecule has 0 saturated heterocycles. The molecule has 0 spiro atoms. The summed E-state index contributed by atoms with van der Waals surface area (Å²) in [5.74, 6) is -0.0297. The number of amides is 1. The standard InChI is InChI=1S/C15H21N3O/c1-10(8-9-14(16)19)15-11(2)17-12-6-4-3-5-7-13(12)18-15/h3-4,10H,5-9H2,1-2H3,(H2,16,19). The second-order valence-corrected chi connectivity index (χ2v) is 5.21. The Kier molecular flexibility index (Phi) is 4.30. The molecule has 2 N–H and O–H groups in total. The Morgan fingerprint density at radius 3 is 2.89 bits per heavy atom. The maximum absolute atomic E-state index is 10.9. The maximum Gasteiger partial charge on any atom is 0.217 e. The number of rotatable bonds is 4. The second kappa shape index (κ2) is 5.95. The average Bonchev–Trinajstić information content (AvgIpc) is 2.59. The van der Waals surface area contributed by atoms with Crippen molar-refractivity contribution >= 4 is 5.91 Å². The molecule has 4 heteroatoms. The summed E-state index contributed by atoms with van der Waals surface area (Å²) in [6.45, 7) is 4.08. The van der Waals surface area contributed by atoms with Crippen molar-refractivity contribution in [1.82, 2.24) is 9.97 Å². The molecular formula is C15H21N3O. The number of nitrogens with two attached hydrogens (primary N) is 1. The molecule has 1 aliphatic carbocycles. The van der Waals surface area contributed by atoms with Crippen LogP contribution in [0.3, 0.4) is 0 Å². The molecule has 4 nitrogen and oxygen atoms in total. The van der Waals surface area contributed by atoms with Crippen LogP contribution in [0, 0.1) is 6.92 Å². The molecule has 0 radical (unpaired) electrons. The number of hydrogen-bond acceptors (Lipinski definition) is 3. The molecule has 1 unspecified atom stereocenters. The number of carbonyl (C=O) groups excluding carboxylic acids is 1. The van der Waals surface area contributed by atoms with Gasteiger partial charge in [0.05, 0.1) is 22.8 Å². The summed E-state index contributed by atoms with van der Waals surface area (Å²) in [5.41, 5.74) is 9.40. The van der Waals surface area contributed by atoms with Crippen LogP contribution in [0.5, 0.6) is 0 Å². The first-order valence-electron chi connectivity index (χ1n) is 6.87. The fraction of sp³-hybridized carbons (Fsp3) is 0.533. The third-order valence-electron chi connectivity index (χ3n) is 3.58. The van der Waals surface area contributed by atoms with E-state index in [1.165, 1.54) is 0 Å². The number of aryl methyl sites for hydroxylation is 2. The van der Waals surface area contributed by atoms with E-state index in [0.29, 0.717) is 6.42 Å². The van der Waals surface area contributed by atoms with Crippen LogP contribution >= 0.6 is 0 Å². The number of hydrogen-bond donors (Lipinski definition) is 1. The molecule has 102 valence electrons. The van der Waals surface area contributed by atoms with Gasteiger partial charge >= 0.3 is 0 Å². The highest BCUT2D eigenvalue weighted by atomic mass is 16.1. The van der Waals surface area contributed by atoms with E-state index in [1.807, 2.05) is 6.92 Å². The summed E-state index contributed by atoms with van der Waals surface area (Å²) >= 11 is 0. The summed E-state index contributed by atoms with van der Waals surface area (Å²) in [6.07, 6.45) is 8.35. The van der Waals surface area contributed by atoms with Gasteiger partial charge in [0.25, 0.3) is 0 Å². The zero-order chi connectivity index (χ0) is 13.8. The van der Waals surface area contributed by atoms with Crippen molar-refractivity contribution in [2.75, 3.05) is 0 Å². The summed E-state index contributed by atoms with van der Waals surface area (Å²) in [7, 11) is 0. The van der Waals surface area contributed by atoms with E-state index in [1.54, 1.807) is 0 Å². The minimum Gasteiger partial charge on any atom is -0.370 e. The lowest BCUT2D eigenvalue weighted by atomic mass is 9.99. The lowest BCUT2D eigenvalue weighted by molar-refractivity contribution is -0.118. The van der Waals surface area contributed by atoms with Crippen LogP contribution in [0.1, 0.15) is 54.9 Å². The third kappa shape index (κ3) is 3.40. The zero-order valence-corrected chi connectivity index (χ0v) is 11.6. The van der Waals surface area contributed by atoms with Gasteiger partial charge in [-0.2, -0.15) is 0 Å². The van der Waals surface area contributed by atoms with Gasteiger partial charge in [-0.3, -0.25) is 14.8 Å². The van der Waals surface area contributed by atoms with E-state index in [-0.39, 0.29) is 11.8 Å². The van der Waals surface area contributed by atoms with Gasteiger partial charge in [0, 0.05) is 18.8 Å². The molecule has 0 aromatic carbocycles. The SMILES string of the molecule is Cc1nc2c(nc1C(C)CCC(N)=O)CCC=CC2. The topological polar surface area (TPSA) is 68.9 Å². The predicted octanol–water partition coefficient (Wildman–Crippen LogP) is 2.20. The fourth-order valence-electron chi connectivity index (χ4n) is 2.47. The van der Waals surface area contributed by atoms with Gasteiger partial charge in [0.15, 0.2) is 0 Å². The lowest BCUT2D eigenvalue weighted by Gasteiger charge is -2.15. The van der Waals surface area contributed by atoms with E-state index < -0.39 is 0 Å². The van der Waals surface area contributed by atoms with E-state index >= 15 is 0 Å². The normalized spacial score (nSPS) is 15.7. The van der Waals surface area contributed by atoms with Gasteiger partial charge in [0.1, 0.15) is 0 Å². The van der Waals surface area contributed by atoms with Crippen LogP contribution in [-0.4, -0.2) is 15.9 Å². The zero-order valence-electron chi connectivity index (χ0n) is 11.6. The lowest BCUT2D eigenvalue weighted by Crippen LogP contribution is -2.14. The van der Waals surface area contributed by atoms with Crippen LogP contribution in [0.2, 0.25) is 0 Å². The number of allylic oxidation sites excluding steroid dienone is 2. The Hall–Kier alpha value is -1.71. The summed E-state index contributed by atoms with van der Waals surface area (Å²) < 4.78 is 0. The largest absolute Gasteiger partial charge is 0.370 e. The van der Waals surface area contributed by atoms with Gasteiger partial charge in [-0.05, 0) is 26.2 Å². The first-order valence-corrected chi connectivity index (χ1v) is 6.87. The van der Waals surface area contributed by atoms with Gasteiger partial charge in [-0.25, -0.2) is 0 Å². The highest BCUT2D eigenvalue weighted by molar-refractivity contribution is 5.73. The van der Waals surface area contributed by atoms with Crippen molar-refractivity contribution in [2.24, 2.45) is 5.73 Å². The van der Waals surface area contributed by atoms with Gasteiger partial charge in [-0.1, -0.05) is 19.1 Å². The number of fused-ring (bicyclic) bond motifs is 1. The Morgan fingerprint density at radius 1 is 1.37 bits per heavy atom. The first kappa shape index (κ1) is 13.7. The second-order valence-electron chi connectivity index (χ2n) is 5.21. The van der Waals surface area contributed by atoms with Crippen LogP contribution in [0.15, 0.2) is 12.2 Å². The highest BCUT2D eigenvalue weighted by Gasteiger charge is 2.16. The molecule has 0 fully saturated rings. The first-order chi connectivity index (χ1) is 9.08. The molecule has 1 heterocycles. The van der Waals surface area contributed by atoms with E-state index in [2.05, 4.69) is 19.1 Å². The summed E-state index contributed by atoms with van der Waals surface area (Å²) in [4.78, 5) is 20.4. The van der Waals surface area contributed by atoms with Crippen molar-refractivity contribution in [3.63, 3.8) is 0 Å².